The Morgan fingerprint density at radius 1 is 1.32 bits per heavy atom. The highest BCUT2D eigenvalue weighted by Gasteiger charge is 2.51. The maximum Gasteiger partial charge on any atom is 0.389 e. The Kier molecular flexibility index (Phi) is 5.24. The minimum atomic E-state index is -4.75. The van der Waals surface area contributed by atoms with E-state index in [-0.39, 0.29) is 24.3 Å². The fraction of sp³-hybridized carbons (Fsp3) is 0.417. The summed E-state index contributed by atoms with van der Waals surface area (Å²) < 4.78 is 22.2. The maximum absolute atomic E-state index is 11.8. The molecule has 0 unspecified atom stereocenters. The number of hydrogen-bond acceptors (Lipinski definition) is 4. The number of hydrogen-bond donors (Lipinski definition) is 2. The van der Waals surface area contributed by atoms with E-state index in [0.29, 0.717) is 0 Å². The van der Waals surface area contributed by atoms with E-state index in [1.807, 2.05) is 6.07 Å². The van der Waals surface area contributed by atoms with Gasteiger partial charge in [-0.25, -0.2) is 0 Å². The summed E-state index contributed by atoms with van der Waals surface area (Å²) in [6.07, 6.45) is 0. The normalized spacial score (nSPS) is 12.2. The van der Waals surface area contributed by atoms with Gasteiger partial charge in [0.05, 0.1) is 11.6 Å². The lowest BCUT2D eigenvalue weighted by Crippen LogP contribution is -2.33. The summed E-state index contributed by atoms with van der Waals surface area (Å²) in [5.74, 6) is 0. The van der Waals surface area contributed by atoms with Crippen molar-refractivity contribution in [2.45, 2.75) is 19.4 Å². The first-order valence-corrected chi connectivity index (χ1v) is 7.36. The van der Waals surface area contributed by atoms with Crippen LogP contribution in [-0.2, 0) is 19.6 Å². The van der Waals surface area contributed by atoms with Crippen LogP contribution in [0.5, 0.6) is 0 Å². The Morgan fingerprint density at radius 2 is 1.89 bits per heavy atom. The minimum absolute atomic E-state index is 0.0574. The van der Waals surface area contributed by atoms with Crippen molar-refractivity contribution in [2.75, 3.05) is 13.2 Å². The van der Waals surface area contributed by atoms with Crippen molar-refractivity contribution >= 4 is 7.60 Å². The van der Waals surface area contributed by atoms with E-state index in [1.54, 1.807) is 13.8 Å². The number of nitrogens with zero attached hydrogens (tertiary/aromatic N) is 1. The van der Waals surface area contributed by atoms with E-state index < -0.39 is 13.1 Å². The van der Waals surface area contributed by atoms with E-state index in [4.69, 9.17) is 14.7 Å². The van der Waals surface area contributed by atoms with E-state index in [1.165, 1.54) is 24.3 Å². The molecule has 0 saturated carbocycles. The summed E-state index contributed by atoms with van der Waals surface area (Å²) in [6, 6.07) is 7.78. The zero-order chi connectivity index (χ0) is 14.5. The van der Waals surface area contributed by atoms with E-state index in [9.17, 15) is 14.4 Å². The third kappa shape index (κ3) is 3.21. The number of nitriles is 1. The molecule has 0 fully saturated rings. The molecule has 0 aromatic heterocycles. The number of ether oxygens (including phenoxy) is 2. The second kappa shape index (κ2) is 6.29. The molecular formula is C12H16NO5P. The number of rotatable bonds is 6. The predicted molar refractivity (Wildman–Crippen MR) is 68.1 cm³/mol. The van der Waals surface area contributed by atoms with Crippen molar-refractivity contribution in [3.8, 4) is 6.07 Å². The Morgan fingerprint density at radius 3 is 2.32 bits per heavy atom. The zero-order valence-electron chi connectivity index (χ0n) is 10.7. The molecule has 0 bridgehead atoms. The summed E-state index contributed by atoms with van der Waals surface area (Å²) in [5.41, 5.74) is -1.76. The predicted octanol–water partition coefficient (Wildman–Crippen LogP) is 1.92. The molecular weight excluding hydrogens is 269 g/mol. The van der Waals surface area contributed by atoms with Gasteiger partial charge < -0.3 is 19.3 Å². The van der Waals surface area contributed by atoms with Gasteiger partial charge in [0.25, 0.3) is 5.53 Å². The lowest BCUT2D eigenvalue weighted by molar-refractivity contribution is -0.192. The molecule has 0 aliphatic carbocycles. The highest BCUT2D eigenvalue weighted by molar-refractivity contribution is 7.52. The van der Waals surface area contributed by atoms with Crippen LogP contribution in [-0.4, -0.2) is 23.0 Å². The van der Waals surface area contributed by atoms with Crippen molar-refractivity contribution in [3.05, 3.63) is 35.4 Å². The molecule has 0 radical (unpaired) electrons. The smallest absolute Gasteiger partial charge is 0.337 e. The van der Waals surface area contributed by atoms with Crippen molar-refractivity contribution in [1.82, 2.24) is 0 Å². The van der Waals surface area contributed by atoms with Crippen LogP contribution >= 0.6 is 7.60 Å². The monoisotopic (exact) mass is 285 g/mol. The molecule has 0 spiro atoms. The standard InChI is InChI=1S/C12H16NO5P/c1-3-17-12(18-4-2,19(14,15)16)11-7-5-6-10(8-11)9-13/h5-8H,3-4H2,1-2H3,(H2,14,15,16). The lowest BCUT2D eigenvalue weighted by atomic mass is 10.1. The highest BCUT2D eigenvalue weighted by Crippen LogP contribution is 2.58. The molecule has 1 aromatic rings. The van der Waals surface area contributed by atoms with Crippen LogP contribution in [0.2, 0.25) is 0 Å². The Hall–Kier alpha value is -1.22. The average Bonchev–Trinajstić information content (AvgIpc) is 2.37. The molecule has 0 atom stereocenters. The second-order valence-corrected chi connectivity index (χ2v) is 5.36. The maximum atomic E-state index is 11.8. The molecule has 6 nitrogen and oxygen atoms in total. The molecule has 2 N–H and O–H groups in total. The van der Waals surface area contributed by atoms with E-state index in [2.05, 4.69) is 0 Å². The van der Waals surface area contributed by atoms with Gasteiger partial charge in [-0.1, -0.05) is 12.1 Å². The van der Waals surface area contributed by atoms with Crippen LogP contribution in [0.3, 0.4) is 0 Å². The van der Waals surface area contributed by atoms with Gasteiger partial charge in [-0.3, -0.25) is 4.57 Å². The van der Waals surface area contributed by atoms with Crippen LogP contribution in [0.4, 0.5) is 0 Å². The van der Waals surface area contributed by atoms with Gasteiger partial charge in [-0.05, 0) is 26.0 Å². The first-order chi connectivity index (χ1) is 8.91. The van der Waals surface area contributed by atoms with Crippen LogP contribution in [0.15, 0.2) is 24.3 Å². The molecule has 104 valence electrons. The highest BCUT2D eigenvalue weighted by atomic mass is 31.2. The van der Waals surface area contributed by atoms with Gasteiger partial charge in [-0.15, -0.1) is 0 Å². The number of benzene rings is 1. The average molecular weight is 285 g/mol. The Bertz CT molecular complexity index is 513. The van der Waals surface area contributed by atoms with Gasteiger partial charge in [0.2, 0.25) is 0 Å². The quantitative estimate of drug-likeness (QED) is 0.612. The van der Waals surface area contributed by atoms with Crippen molar-refractivity contribution < 1.29 is 23.8 Å². The van der Waals surface area contributed by atoms with Crippen LogP contribution < -0.4 is 0 Å². The van der Waals surface area contributed by atoms with Crippen LogP contribution in [0.1, 0.15) is 25.0 Å². The first-order valence-electron chi connectivity index (χ1n) is 5.75. The van der Waals surface area contributed by atoms with Gasteiger partial charge >= 0.3 is 7.60 Å². The molecule has 0 aliphatic rings. The molecule has 19 heavy (non-hydrogen) atoms. The fourth-order valence-corrected chi connectivity index (χ4v) is 2.79. The van der Waals surface area contributed by atoms with Gasteiger partial charge in [0.15, 0.2) is 0 Å². The van der Waals surface area contributed by atoms with Gasteiger partial charge in [-0.2, -0.15) is 5.26 Å². The molecule has 7 heteroatoms. The molecule has 1 aromatic carbocycles. The summed E-state index contributed by atoms with van der Waals surface area (Å²) >= 11 is 0. The van der Waals surface area contributed by atoms with Gasteiger partial charge in [0.1, 0.15) is 0 Å². The summed E-state index contributed by atoms with van der Waals surface area (Å²) in [7, 11) is -4.75. The SMILES string of the molecule is CCOC(OCC)(c1cccc(C#N)c1)P(=O)(O)O. The fourth-order valence-electron chi connectivity index (χ4n) is 1.72. The molecule has 0 saturated heterocycles. The topological polar surface area (TPSA) is 99.8 Å². The van der Waals surface area contributed by atoms with Gasteiger partial charge in [0, 0.05) is 18.8 Å². The summed E-state index contributed by atoms with van der Waals surface area (Å²) in [5, 5.41) is 8.86. The second-order valence-electron chi connectivity index (χ2n) is 3.68. The lowest BCUT2D eigenvalue weighted by Gasteiger charge is -2.33. The van der Waals surface area contributed by atoms with Crippen molar-refractivity contribution in [3.63, 3.8) is 0 Å². The van der Waals surface area contributed by atoms with Crippen LogP contribution in [0, 0.1) is 11.3 Å². The Labute approximate surface area is 111 Å². The first kappa shape index (κ1) is 15.8. The Balaban J connectivity index is 3.44. The van der Waals surface area contributed by atoms with Crippen LogP contribution in [0.25, 0.3) is 0 Å². The minimum Gasteiger partial charge on any atom is -0.337 e. The molecule has 0 amide bonds. The largest absolute Gasteiger partial charge is 0.389 e. The molecule has 0 aliphatic heterocycles. The molecule has 0 heterocycles. The zero-order valence-corrected chi connectivity index (χ0v) is 11.6. The van der Waals surface area contributed by atoms with Crippen molar-refractivity contribution in [2.24, 2.45) is 0 Å². The summed E-state index contributed by atoms with van der Waals surface area (Å²) in [4.78, 5) is 19.2. The third-order valence-electron chi connectivity index (χ3n) is 2.42. The molecule has 1 rings (SSSR count). The van der Waals surface area contributed by atoms with E-state index in [0.717, 1.165) is 0 Å². The third-order valence-corrected chi connectivity index (χ3v) is 3.70. The summed E-state index contributed by atoms with van der Waals surface area (Å²) in [6.45, 7) is 3.33. The van der Waals surface area contributed by atoms with E-state index >= 15 is 0 Å². The van der Waals surface area contributed by atoms with Crippen molar-refractivity contribution in [1.29, 1.82) is 5.26 Å².